The number of carbonyl (C=O) groups excluding carboxylic acids is 1. The van der Waals surface area contributed by atoms with Gasteiger partial charge in [-0.3, -0.25) is 10.1 Å². The molecule has 1 amide bonds. The molecule has 0 aliphatic rings. The highest BCUT2D eigenvalue weighted by Gasteiger charge is 2.16. The molecule has 0 aliphatic heterocycles. The predicted molar refractivity (Wildman–Crippen MR) is 112 cm³/mol. The number of rotatable bonds is 5. The molecule has 0 unspecified atom stereocenters. The second kappa shape index (κ2) is 7.82. The summed E-state index contributed by atoms with van der Waals surface area (Å²) in [6, 6.07) is 20.3. The maximum Gasteiger partial charge on any atom is 0.268 e. The Kier molecular flexibility index (Phi) is 5.09. The lowest BCUT2D eigenvalue weighted by Gasteiger charge is -2.04. The van der Waals surface area contributed by atoms with Crippen molar-refractivity contribution in [3.63, 3.8) is 0 Å². The van der Waals surface area contributed by atoms with Crippen molar-refractivity contribution in [3.8, 4) is 11.1 Å². The number of nitrogens with zero attached hydrogens (tertiary/aromatic N) is 2. The summed E-state index contributed by atoms with van der Waals surface area (Å²) in [5.74, 6) is -0.150. The van der Waals surface area contributed by atoms with Crippen LogP contribution in [0.5, 0.6) is 0 Å². The lowest BCUT2D eigenvalue weighted by molar-refractivity contribution is 0.103. The highest BCUT2D eigenvalue weighted by Crippen LogP contribution is 2.30. The maximum atomic E-state index is 12.7. The Morgan fingerprint density at radius 1 is 1.00 bits per heavy atom. The lowest BCUT2D eigenvalue weighted by Crippen LogP contribution is -2.11. The first-order valence-electron chi connectivity index (χ1n) is 8.51. The van der Waals surface area contributed by atoms with E-state index in [1.807, 2.05) is 48.7 Å². The second-order valence-corrected chi connectivity index (χ2v) is 8.13. The number of nitrogens with one attached hydrogen (secondary N) is 1. The fourth-order valence-electron chi connectivity index (χ4n) is 2.75. The first-order chi connectivity index (χ1) is 13.2. The van der Waals surface area contributed by atoms with Gasteiger partial charge in [-0.15, -0.1) is 21.5 Å². The summed E-state index contributed by atoms with van der Waals surface area (Å²) in [5, 5.41) is 14.5. The smallest absolute Gasteiger partial charge is 0.268 e. The molecule has 2 aromatic carbocycles. The SMILES string of the molecule is Cc1ccc(-c2ccsc2C(=O)Nc2nnc(Cc3ccccc3)s2)cc1. The Hall–Kier alpha value is -2.83. The third kappa shape index (κ3) is 4.13. The summed E-state index contributed by atoms with van der Waals surface area (Å²) < 4.78 is 0. The minimum Gasteiger partial charge on any atom is -0.296 e. The van der Waals surface area contributed by atoms with Crippen molar-refractivity contribution < 1.29 is 4.79 Å². The van der Waals surface area contributed by atoms with E-state index in [1.165, 1.54) is 33.8 Å². The van der Waals surface area contributed by atoms with Crippen molar-refractivity contribution in [1.82, 2.24) is 10.2 Å². The number of anilines is 1. The highest BCUT2D eigenvalue weighted by molar-refractivity contribution is 7.16. The Morgan fingerprint density at radius 2 is 1.78 bits per heavy atom. The molecule has 4 nitrogen and oxygen atoms in total. The van der Waals surface area contributed by atoms with Gasteiger partial charge < -0.3 is 0 Å². The fourth-order valence-corrected chi connectivity index (χ4v) is 4.33. The van der Waals surface area contributed by atoms with Crippen molar-refractivity contribution in [3.05, 3.63) is 87.1 Å². The van der Waals surface area contributed by atoms with Gasteiger partial charge in [-0.05, 0) is 29.5 Å². The molecule has 0 spiro atoms. The van der Waals surface area contributed by atoms with E-state index in [0.717, 1.165) is 16.1 Å². The molecule has 4 rings (SSSR count). The molecular weight excluding hydrogens is 374 g/mol. The van der Waals surface area contributed by atoms with Crippen molar-refractivity contribution >= 4 is 33.7 Å². The summed E-state index contributed by atoms with van der Waals surface area (Å²) in [6.45, 7) is 2.05. The van der Waals surface area contributed by atoms with Gasteiger partial charge in [-0.2, -0.15) is 0 Å². The van der Waals surface area contributed by atoms with Crippen molar-refractivity contribution in [2.75, 3.05) is 5.32 Å². The van der Waals surface area contributed by atoms with Crippen molar-refractivity contribution in [1.29, 1.82) is 0 Å². The highest BCUT2D eigenvalue weighted by atomic mass is 32.1. The van der Waals surface area contributed by atoms with Gasteiger partial charge in [0.15, 0.2) is 0 Å². The van der Waals surface area contributed by atoms with Crippen molar-refractivity contribution in [2.24, 2.45) is 0 Å². The van der Waals surface area contributed by atoms with E-state index in [-0.39, 0.29) is 5.91 Å². The summed E-state index contributed by atoms with van der Waals surface area (Å²) in [6.07, 6.45) is 0.710. The Balaban J connectivity index is 1.49. The van der Waals surface area contributed by atoms with Gasteiger partial charge in [-0.1, -0.05) is 71.5 Å². The fraction of sp³-hybridized carbons (Fsp3) is 0.0952. The quantitative estimate of drug-likeness (QED) is 0.494. The zero-order chi connectivity index (χ0) is 18.6. The molecule has 27 heavy (non-hydrogen) atoms. The van der Waals surface area contributed by atoms with E-state index >= 15 is 0 Å². The number of hydrogen-bond donors (Lipinski definition) is 1. The molecule has 0 radical (unpaired) electrons. The molecule has 0 fully saturated rings. The Bertz CT molecular complexity index is 1050. The molecule has 6 heteroatoms. The van der Waals surface area contributed by atoms with Crippen LogP contribution in [-0.2, 0) is 6.42 Å². The third-order valence-electron chi connectivity index (χ3n) is 4.12. The molecule has 0 saturated heterocycles. The average Bonchev–Trinajstić information content (AvgIpc) is 3.33. The molecule has 0 saturated carbocycles. The summed E-state index contributed by atoms with van der Waals surface area (Å²) in [5.41, 5.74) is 4.34. The zero-order valence-electron chi connectivity index (χ0n) is 14.7. The predicted octanol–water partition coefficient (Wildman–Crippen LogP) is 5.42. The molecule has 0 atom stereocenters. The molecular formula is C21H17N3OS2. The minimum atomic E-state index is -0.150. The molecule has 1 N–H and O–H groups in total. The van der Waals surface area contributed by atoms with E-state index in [2.05, 4.69) is 39.8 Å². The normalized spacial score (nSPS) is 10.7. The molecule has 2 heterocycles. The first kappa shape index (κ1) is 17.6. The van der Waals surface area contributed by atoms with Crippen LogP contribution in [0, 0.1) is 6.92 Å². The van der Waals surface area contributed by atoms with E-state index < -0.39 is 0 Å². The largest absolute Gasteiger partial charge is 0.296 e. The van der Waals surface area contributed by atoms with E-state index in [4.69, 9.17) is 0 Å². The molecule has 0 bridgehead atoms. The number of aryl methyl sites for hydroxylation is 1. The number of carbonyl (C=O) groups is 1. The van der Waals surface area contributed by atoms with Crippen molar-refractivity contribution in [2.45, 2.75) is 13.3 Å². The minimum absolute atomic E-state index is 0.150. The van der Waals surface area contributed by atoms with E-state index in [9.17, 15) is 4.79 Å². The van der Waals surface area contributed by atoms with Gasteiger partial charge in [0, 0.05) is 12.0 Å². The van der Waals surface area contributed by atoms with Gasteiger partial charge in [0.25, 0.3) is 5.91 Å². The van der Waals surface area contributed by atoms with Crippen LogP contribution in [-0.4, -0.2) is 16.1 Å². The number of hydrogen-bond acceptors (Lipinski definition) is 5. The van der Waals surface area contributed by atoms with E-state index in [0.29, 0.717) is 16.4 Å². The topological polar surface area (TPSA) is 54.9 Å². The Labute approximate surface area is 165 Å². The third-order valence-corrected chi connectivity index (χ3v) is 5.87. The van der Waals surface area contributed by atoms with Crippen LogP contribution < -0.4 is 5.32 Å². The summed E-state index contributed by atoms with van der Waals surface area (Å²) in [4.78, 5) is 13.4. The molecule has 0 aliphatic carbocycles. The van der Waals surface area contributed by atoms with E-state index in [1.54, 1.807) is 0 Å². The number of thiophene rings is 1. The van der Waals surface area contributed by atoms with Crippen LogP contribution in [0.3, 0.4) is 0 Å². The monoisotopic (exact) mass is 391 g/mol. The lowest BCUT2D eigenvalue weighted by atomic mass is 10.0. The number of aromatic nitrogens is 2. The molecule has 2 aromatic heterocycles. The van der Waals surface area contributed by atoms with Gasteiger partial charge >= 0.3 is 0 Å². The standard InChI is InChI=1S/C21H17N3OS2/c1-14-7-9-16(10-8-14)17-11-12-26-19(17)20(25)22-21-24-23-18(27-21)13-15-5-3-2-4-6-15/h2-12H,13H2,1H3,(H,22,24,25). The average molecular weight is 392 g/mol. The second-order valence-electron chi connectivity index (χ2n) is 6.15. The molecule has 134 valence electrons. The van der Waals surface area contributed by atoms with Gasteiger partial charge in [0.05, 0.1) is 0 Å². The first-order valence-corrected chi connectivity index (χ1v) is 10.2. The number of amides is 1. The van der Waals surface area contributed by atoms with Gasteiger partial charge in [0.1, 0.15) is 9.88 Å². The Morgan fingerprint density at radius 3 is 2.56 bits per heavy atom. The summed E-state index contributed by atoms with van der Waals surface area (Å²) in [7, 11) is 0. The summed E-state index contributed by atoms with van der Waals surface area (Å²) >= 11 is 2.84. The van der Waals surface area contributed by atoms with Crippen LogP contribution in [0.15, 0.2) is 66.0 Å². The van der Waals surface area contributed by atoms with Crippen LogP contribution in [0.4, 0.5) is 5.13 Å². The van der Waals surface area contributed by atoms with Crippen LogP contribution >= 0.6 is 22.7 Å². The van der Waals surface area contributed by atoms with Crippen LogP contribution in [0.25, 0.3) is 11.1 Å². The maximum absolute atomic E-state index is 12.7. The van der Waals surface area contributed by atoms with Crippen LogP contribution in [0.1, 0.15) is 25.8 Å². The van der Waals surface area contributed by atoms with Gasteiger partial charge in [0.2, 0.25) is 5.13 Å². The van der Waals surface area contributed by atoms with Gasteiger partial charge in [-0.25, -0.2) is 0 Å². The zero-order valence-corrected chi connectivity index (χ0v) is 16.3. The molecule has 4 aromatic rings. The number of benzene rings is 2. The van der Waals surface area contributed by atoms with Crippen LogP contribution in [0.2, 0.25) is 0 Å².